The highest BCUT2D eigenvalue weighted by atomic mass is 79.9. The molecule has 1 aromatic rings. The van der Waals surface area contributed by atoms with Crippen LogP contribution in [0, 0.1) is 0 Å². The highest BCUT2D eigenvalue weighted by Crippen LogP contribution is 2.39. The van der Waals surface area contributed by atoms with E-state index >= 15 is 0 Å². The summed E-state index contributed by atoms with van der Waals surface area (Å²) in [7, 11) is 0. The van der Waals surface area contributed by atoms with Crippen LogP contribution in [0.25, 0.3) is 0 Å². The first-order valence-electron chi connectivity index (χ1n) is 3.51. The fourth-order valence-corrected chi connectivity index (χ4v) is 1.72. The van der Waals surface area contributed by atoms with Gasteiger partial charge in [0, 0.05) is 6.54 Å². The summed E-state index contributed by atoms with van der Waals surface area (Å²) in [5.41, 5.74) is 5.58. The number of rotatable bonds is 2. The van der Waals surface area contributed by atoms with Crippen LogP contribution < -0.4 is 5.73 Å². The third kappa shape index (κ3) is 2.39. The van der Waals surface area contributed by atoms with Crippen molar-refractivity contribution in [2.45, 2.75) is 11.4 Å². The Morgan fingerprint density at radius 3 is 2.54 bits per heavy atom. The Bertz CT molecular complexity index is 312. The molecule has 1 rings (SSSR count). The zero-order chi connectivity index (χ0) is 10.1. The topological polar surface area (TPSA) is 26.0 Å². The van der Waals surface area contributed by atoms with Gasteiger partial charge in [-0.25, -0.2) is 0 Å². The van der Waals surface area contributed by atoms with E-state index in [4.69, 9.17) is 17.3 Å². The van der Waals surface area contributed by atoms with Crippen LogP contribution in [0.3, 0.4) is 0 Å². The molecule has 0 aliphatic carbocycles. The van der Waals surface area contributed by atoms with Crippen LogP contribution in [0.2, 0.25) is 5.02 Å². The Balaban J connectivity index is 3.24. The van der Waals surface area contributed by atoms with E-state index in [1.807, 2.05) is 0 Å². The zero-order valence-corrected chi connectivity index (χ0v) is 8.87. The van der Waals surface area contributed by atoms with Crippen LogP contribution >= 0.6 is 27.5 Å². The molecule has 0 aliphatic heterocycles. The van der Waals surface area contributed by atoms with Gasteiger partial charge in [0.25, 0.3) is 0 Å². The smallest absolute Gasteiger partial charge is 0.326 e. The summed E-state index contributed by atoms with van der Waals surface area (Å²) in [5, 5.41) is 0.0203. The van der Waals surface area contributed by atoms with Gasteiger partial charge in [-0.2, -0.15) is 8.78 Å². The molecule has 0 radical (unpaired) electrons. The predicted molar refractivity (Wildman–Crippen MR) is 52.2 cm³/mol. The van der Waals surface area contributed by atoms with Gasteiger partial charge >= 0.3 is 4.83 Å². The molecule has 5 heteroatoms. The lowest BCUT2D eigenvalue weighted by Crippen LogP contribution is -2.06. The van der Waals surface area contributed by atoms with E-state index in [-0.39, 0.29) is 17.1 Å². The molecule has 1 aromatic carbocycles. The first kappa shape index (κ1) is 10.9. The largest absolute Gasteiger partial charge is 0.328 e. The second-order valence-corrected chi connectivity index (χ2v) is 3.85. The molecule has 0 aromatic heterocycles. The van der Waals surface area contributed by atoms with Crippen molar-refractivity contribution in [3.8, 4) is 0 Å². The average molecular weight is 271 g/mol. The molecule has 72 valence electrons. The van der Waals surface area contributed by atoms with Crippen molar-refractivity contribution in [2.24, 2.45) is 5.73 Å². The van der Waals surface area contributed by atoms with Gasteiger partial charge in [0.1, 0.15) is 0 Å². The Kier molecular flexibility index (Phi) is 3.27. The highest BCUT2D eigenvalue weighted by molar-refractivity contribution is 9.09. The van der Waals surface area contributed by atoms with Gasteiger partial charge in [0.15, 0.2) is 0 Å². The molecule has 0 spiro atoms. The maximum Gasteiger partial charge on any atom is 0.328 e. The average Bonchev–Trinajstić information content (AvgIpc) is 2.02. The van der Waals surface area contributed by atoms with Crippen molar-refractivity contribution in [1.82, 2.24) is 0 Å². The monoisotopic (exact) mass is 269 g/mol. The molecule has 0 saturated heterocycles. The minimum Gasteiger partial charge on any atom is -0.326 e. The maximum atomic E-state index is 12.8. The van der Waals surface area contributed by atoms with E-state index in [0.717, 1.165) is 0 Å². The minimum atomic E-state index is -3.10. The summed E-state index contributed by atoms with van der Waals surface area (Å²) in [4.78, 5) is -3.10. The molecular formula is C8H7BrClF2N. The van der Waals surface area contributed by atoms with Gasteiger partial charge < -0.3 is 5.73 Å². The molecule has 0 saturated carbocycles. The van der Waals surface area contributed by atoms with E-state index in [9.17, 15) is 8.78 Å². The molecule has 2 N–H and O–H groups in total. The van der Waals surface area contributed by atoms with Crippen molar-refractivity contribution < 1.29 is 8.78 Å². The Morgan fingerprint density at radius 1 is 1.46 bits per heavy atom. The second-order valence-electron chi connectivity index (χ2n) is 2.48. The first-order valence-corrected chi connectivity index (χ1v) is 4.68. The number of nitrogens with two attached hydrogens (primary N) is 1. The number of halogens is 4. The van der Waals surface area contributed by atoms with Gasteiger partial charge in [-0.1, -0.05) is 29.8 Å². The van der Waals surface area contributed by atoms with Crippen molar-refractivity contribution >= 4 is 27.5 Å². The van der Waals surface area contributed by atoms with Crippen LogP contribution in [0.1, 0.15) is 11.1 Å². The van der Waals surface area contributed by atoms with Crippen LogP contribution in [0.5, 0.6) is 0 Å². The normalized spacial score (nSPS) is 11.8. The molecular weight excluding hydrogens is 263 g/mol. The third-order valence-electron chi connectivity index (χ3n) is 1.60. The molecule has 0 bridgehead atoms. The van der Waals surface area contributed by atoms with Crippen molar-refractivity contribution in [3.63, 3.8) is 0 Å². The van der Waals surface area contributed by atoms with E-state index in [2.05, 4.69) is 15.9 Å². The van der Waals surface area contributed by atoms with Crippen molar-refractivity contribution in [3.05, 3.63) is 34.3 Å². The summed E-state index contributed by atoms with van der Waals surface area (Å²) < 4.78 is 25.6. The first-order chi connectivity index (χ1) is 5.96. The number of hydrogen-bond donors (Lipinski definition) is 1. The molecule has 1 nitrogen and oxygen atoms in total. The zero-order valence-electron chi connectivity index (χ0n) is 6.53. The van der Waals surface area contributed by atoms with Crippen LogP contribution in [-0.2, 0) is 11.4 Å². The standard InChI is InChI=1S/C8H7BrClF2N/c9-8(11,12)6-3-1-2-5(4-13)7(6)10/h1-3H,4,13H2. The number of benzene rings is 1. The van der Waals surface area contributed by atoms with E-state index in [1.54, 1.807) is 6.07 Å². The molecule has 13 heavy (non-hydrogen) atoms. The lowest BCUT2D eigenvalue weighted by Gasteiger charge is -2.12. The summed E-state index contributed by atoms with van der Waals surface area (Å²) in [6.07, 6.45) is 0. The van der Waals surface area contributed by atoms with Gasteiger partial charge in [-0.15, -0.1) is 0 Å². The van der Waals surface area contributed by atoms with Crippen molar-refractivity contribution in [2.75, 3.05) is 0 Å². The van der Waals surface area contributed by atoms with Gasteiger partial charge in [0.2, 0.25) is 0 Å². The van der Waals surface area contributed by atoms with E-state index in [1.165, 1.54) is 12.1 Å². The molecule has 0 atom stereocenters. The predicted octanol–water partition coefficient (Wildman–Crippen LogP) is 3.24. The lowest BCUT2D eigenvalue weighted by molar-refractivity contribution is 0.114. The minimum absolute atomic E-state index is 0.0203. The van der Waals surface area contributed by atoms with E-state index in [0.29, 0.717) is 5.56 Å². The Labute approximate surface area is 88.0 Å². The summed E-state index contributed by atoms with van der Waals surface area (Å²) in [6, 6.07) is 4.37. The molecule has 0 unspecified atom stereocenters. The molecule has 0 fully saturated rings. The molecule has 0 aliphatic rings. The van der Waals surface area contributed by atoms with Crippen LogP contribution in [-0.4, -0.2) is 0 Å². The van der Waals surface area contributed by atoms with Gasteiger partial charge in [0.05, 0.1) is 10.6 Å². The summed E-state index contributed by atoms with van der Waals surface area (Å²) >= 11 is 7.95. The third-order valence-corrected chi connectivity index (χ3v) is 2.48. The molecule has 0 amide bonds. The SMILES string of the molecule is NCc1cccc(C(F)(F)Br)c1Cl. The number of hydrogen-bond acceptors (Lipinski definition) is 1. The molecule has 0 heterocycles. The Hall–Kier alpha value is -0.190. The van der Waals surface area contributed by atoms with E-state index < -0.39 is 4.83 Å². The fraction of sp³-hybridized carbons (Fsp3) is 0.250. The van der Waals surface area contributed by atoms with Crippen LogP contribution in [0.15, 0.2) is 18.2 Å². The number of alkyl halides is 3. The van der Waals surface area contributed by atoms with Crippen molar-refractivity contribution in [1.29, 1.82) is 0 Å². The van der Waals surface area contributed by atoms with Gasteiger partial charge in [-0.05, 0) is 21.5 Å². The Morgan fingerprint density at radius 2 is 2.08 bits per heavy atom. The second kappa shape index (κ2) is 3.90. The van der Waals surface area contributed by atoms with Gasteiger partial charge in [-0.3, -0.25) is 0 Å². The summed E-state index contributed by atoms with van der Waals surface area (Å²) in [6.45, 7) is 0.149. The fourth-order valence-electron chi connectivity index (χ4n) is 0.956. The van der Waals surface area contributed by atoms with Crippen LogP contribution in [0.4, 0.5) is 8.78 Å². The summed E-state index contributed by atoms with van der Waals surface area (Å²) in [5.74, 6) is 0. The lowest BCUT2D eigenvalue weighted by atomic mass is 10.1. The maximum absolute atomic E-state index is 12.8. The quantitative estimate of drug-likeness (QED) is 0.820. The highest BCUT2D eigenvalue weighted by Gasteiger charge is 2.30.